The zero-order valence-corrected chi connectivity index (χ0v) is 15.0. The highest BCUT2D eigenvalue weighted by Crippen LogP contribution is 2.23. The van der Waals surface area contributed by atoms with Crippen LogP contribution in [0.25, 0.3) is 17.2 Å². The second-order valence-corrected chi connectivity index (χ2v) is 6.20. The Hall–Kier alpha value is -2.98. The van der Waals surface area contributed by atoms with Crippen molar-refractivity contribution in [2.75, 3.05) is 0 Å². The molecule has 0 unspecified atom stereocenters. The number of amides is 1. The smallest absolute Gasteiger partial charge is 0.244 e. The van der Waals surface area contributed by atoms with Crippen molar-refractivity contribution < 1.29 is 4.79 Å². The van der Waals surface area contributed by atoms with E-state index < -0.39 is 0 Å². The van der Waals surface area contributed by atoms with Gasteiger partial charge in [0.1, 0.15) is 5.15 Å². The molecule has 0 spiro atoms. The van der Waals surface area contributed by atoms with Crippen LogP contribution in [0.5, 0.6) is 0 Å². The maximum absolute atomic E-state index is 12.1. The van der Waals surface area contributed by atoms with Crippen LogP contribution in [0.15, 0.2) is 73.1 Å². The molecule has 4 nitrogen and oxygen atoms in total. The highest BCUT2D eigenvalue weighted by molar-refractivity contribution is 6.29. The molecule has 0 aliphatic carbocycles. The minimum atomic E-state index is -0.165. The fraction of sp³-hybridized carbons (Fsp3) is 0.0952. The first-order chi connectivity index (χ1) is 12.6. The second-order valence-electron chi connectivity index (χ2n) is 5.81. The molecule has 1 aromatic carbocycles. The number of pyridine rings is 2. The molecule has 1 atom stereocenters. The van der Waals surface area contributed by atoms with Crippen molar-refractivity contribution in [3.63, 3.8) is 0 Å². The molecule has 1 amide bonds. The Balaban J connectivity index is 1.69. The molecule has 2 heterocycles. The number of halogens is 1. The first-order valence-electron chi connectivity index (χ1n) is 8.23. The molecule has 0 radical (unpaired) electrons. The fourth-order valence-electron chi connectivity index (χ4n) is 2.51. The molecule has 0 saturated heterocycles. The lowest BCUT2D eigenvalue weighted by Gasteiger charge is -2.14. The molecule has 1 N–H and O–H groups in total. The number of rotatable bonds is 5. The van der Waals surface area contributed by atoms with Gasteiger partial charge in [-0.2, -0.15) is 0 Å². The summed E-state index contributed by atoms with van der Waals surface area (Å²) in [4.78, 5) is 20.4. The van der Waals surface area contributed by atoms with Gasteiger partial charge in [-0.1, -0.05) is 35.9 Å². The number of aromatic nitrogens is 2. The molecule has 0 bridgehead atoms. The van der Waals surface area contributed by atoms with Crippen LogP contribution in [-0.4, -0.2) is 15.9 Å². The maximum atomic E-state index is 12.1. The van der Waals surface area contributed by atoms with Gasteiger partial charge in [-0.05, 0) is 54.5 Å². The summed E-state index contributed by atoms with van der Waals surface area (Å²) in [6.45, 7) is 1.95. The average molecular weight is 364 g/mol. The van der Waals surface area contributed by atoms with E-state index in [1.165, 1.54) is 6.08 Å². The van der Waals surface area contributed by atoms with Crippen molar-refractivity contribution in [1.29, 1.82) is 0 Å². The van der Waals surface area contributed by atoms with Gasteiger partial charge in [0, 0.05) is 24.0 Å². The van der Waals surface area contributed by atoms with E-state index >= 15 is 0 Å². The van der Waals surface area contributed by atoms with Crippen molar-refractivity contribution in [2.24, 2.45) is 0 Å². The SMILES string of the molecule is C[C@H](NC(=O)/C=C/c1ccccn1)c1cccc(-c2ccc(Cl)nc2)c1. The normalized spacial score (nSPS) is 12.1. The summed E-state index contributed by atoms with van der Waals surface area (Å²) in [7, 11) is 0. The van der Waals surface area contributed by atoms with Crippen molar-refractivity contribution in [1.82, 2.24) is 15.3 Å². The Labute approximate surface area is 157 Å². The van der Waals surface area contributed by atoms with Crippen LogP contribution in [0.1, 0.15) is 24.2 Å². The minimum Gasteiger partial charge on any atom is -0.346 e. The van der Waals surface area contributed by atoms with Crippen molar-refractivity contribution >= 4 is 23.6 Å². The van der Waals surface area contributed by atoms with Gasteiger partial charge in [0.15, 0.2) is 0 Å². The van der Waals surface area contributed by atoms with Crippen LogP contribution in [0.4, 0.5) is 0 Å². The Bertz CT molecular complexity index is 908. The van der Waals surface area contributed by atoms with Crippen LogP contribution in [0, 0.1) is 0 Å². The van der Waals surface area contributed by atoms with Gasteiger partial charge in [-0.3, -0.25) is 9.78 Å². The van der Waals surface area contributed by atoms with E-state index in [0.717, 1.165) is 22.4 Å². The van der Waals surface area contributed by atoms with E-state index in [2.05, 4.69) is 15.3 Å². The third kappa shape index (κ3) is 4.77. The summed E-state index contributed by atoms with van der Waals surface area (Å²) >= 11 is 5.84. The third-order valence-corrected chi connectivity index (χ3v) is 4.12. The number of nitrogens with one attached hydrogen (secondary N) is 1. The highest BCUT2D eigenvalue weighted by atomic mass is 35.5. The number of carbonyl (C=O) groups excluding carboxylic acids is 1. The number of hydrogen-bond donors (Lipinski definition) is 1. The summed E-state index contributed by atoms with van der Waals surface area (Å²) in [6.07, 6.45) is 6.61. The number of hydrogen-bond acceptors (Lipinski definition) is 3. The van der Waals surface area contributed by atoms with Crippen molar-refractivity contribution in [3.05, 3.63) is 89.5 Å². The zero-order valence-electron chi connectivity index (χ0n) is 14.3. The van der Waals surface area contributed by atoms with Crippen LogP contribution in [-0.2, 0) is 4.79 Å². The fourth-order valence-corrected chi connectivity index (χ4v) is 2.63. The first kappa shape index (κ1) is 17.8. The summed E-state index contributed by atoms with van der Waals surface area (Å²) in [5.41, 5.74) is 3.76. The molecule has 3 rings (SSSR count). The number of carbonyl (C=O) groups is 1. The van der Waals surface area contributed by atoms with Gasteiger partial charge in [-0.15, -0.1) is 0 Å². The molecule has 0 fully saturated rings. The van der Waals surface area contributed by atoms with Gasteiger partial charge in [0.2, 0.25) is 5.91 Å². The highest BCUT2D eigenvalue weighted by Gasteiger charge is 2.09. The van der Waals surface area contributed by atoms with Gasteiger partial charge >= 0.3 is 0 Å². The van der Waals surface area contributed by atoms with Crippen LogP contribution >= 0.6 is 11.6 Å². The van der Waals surface area contributed by atoms with Crippen LogP contribution in [0.3, 0.4) is 0 Å². The lowest BCUT2D eigenvalue weighted by atomic mass is 10.0. The first-order valence-corrected chi connectivity index (χ1v) is 8.61. The maximum Gasteiger partial charge on any atom is 0.244 e. The summed E-state index contributed by atoms with van der Waals surface area (Å²) in [5, 5.41) is 3.43. The average Bonchev–Trinajstić information content (AvgIpc) is 2.68. The Morgan fingerprint density at radius 3 is 2.69 bits per heavy atom. The zero-order chi connectivity index (χ0) is 18.4. The summed E-state index contributed by atoms with van der Waals surface area (Å²) in [6, 6.07) is 17.1. The van der Waals surface area contributed by atoms with E-state index in [1.807, 2.05) is 55.5 Å². The Morgan fingerprint density at radius 1 is 1.08 bits per heavy atom. The van der Waals surface area contributed by atoms with E-state index in [0.29, 0.717) is 5.15 Å². The van der Waals surface area contributed by atoms with Crippen LogP contribution < -0.4 is 5.32 Å². The van der Waals surface area contributed by atoms with Gasteiger partial charge < -0.3 is 5.32 Å². The quantitative estimate of drug-likeness (QED) is 0.528. The van der Waals surface area contributed by atoms with E-state index in [9.17, 15) is 4.79 Å². The predicted octanol–water partition coefficient (Wildman–Crippen LogP) is 4.69. The number of benzene rings is 1. The van der Waals surface area contributed by atoms with E-state index in [4.69, 9.17) is 11.6 Å². The topological polar surface area (TPSA) is 54.9 Å². The molecule has 3 aromatic rings. The molecule has 0 aliphatic rings. The minimum absolute atomic E-state index is 0.129. The summed E-state index contributed by atoms with van der Waals surface area (Å²) in [5.74, 6) is -0.165. The molecular formula is C21H18ClN3O. The molecule has 26 heavy (non-hydrogen) atoms. The molecule has 5 heteroatoms. The lowest BCUT2D eigenvalue weighted by molar-refractivity contribution is -0.117. The van der Waals surface area contributed by atoms with Crippen molar-refractivity contribution in [2.45, 2.75) is 13.0 Å². The van der Waals surface area contributed by atoms with Gasteiger partial charge in [0.25, 0.3) is 0 Å². The van der Waals surface area contributed by atoms with Gasteiger partial charge in [-0.25, -0.2) is 4.98 Å². The standard InChI is InChI=1S/C21H18ClN3O/c1-15(25-21(26)11-9-19-7-2-3-12-23-19)16-5-4-6-17(13-16)18-8-10-20(22)24-14-18/h2-15H,1H3,(H,25,26)/b11-9+/t15-/m0/s1. The third-order valence-electron chi connectivity index (χ3n) is 3.90. The van der Waals surface area contributed by atoms with Crippen molar-refractivity contribution in [3.8, 4) is 11.1 Å². The number of nitrogens with zero attached hydrogens (tertiary/aromatic N) is 2. The molecule has 0 saturated carbocycles. The monoisotopic (exact) mass is 363 g/mol. The van der Waals surface area contributed by atoms with E-state index in [-0.39, 0.29) is 11.9 Å². The second kappa shape index (κ2) is 8.41. The van der Waals surface area contributed by atoms with Crippen LogP contribution in [0.2, 0.25) is 5.15 Å². The predicted molar refractivity (Wildman–Crippen MR) is 105 cm³/mol. The Kier molecular flexibility index (Phi) is 5.77. The molecule has 0 aliphatic heterocycles. The molecular weight excluding hydrogens is 346 g/mol. The Morgan fingerprint density at radius 2 is 1.96 bits per heavy atom. The van der Waals surface area contributed by atoms with Gasteiger partial charge in [0.05, 0.1) is 11.7 Å². The molecule has 2 aromatic heterocycles. The largest absolute Gasteiger partial charge is 0.346 e. The lowest BCUT2D eigenvalue weighted by Crippen LogP contribution is -2.24. The van der Waals surface area contributed by atoms with E-state index in [1.54, 1.807) is 24.5 Å². The summed E-state index contributed by atoms with van der Waals surface area (Å²) < 4.78 is 0. The molecule has 130 valence electrons.